The van der Waals surface area contributed by atoms with Gasteiger partial charge < -0.3 is 14.2 Å². The van der Waals surface area contributed by atoms with Crippen LogP contribution in [0.2, 0.25) is 10.0 Å². The zero-order valence-corrected chi connectivity index (χ0v) is 15.8. The van der Waals surface area contributed by atoms with Crippen LogP contribution < -0.4 is 4.90 Å². The van der Waals surface area contributed by atoms with Crippen LogP contribution in [0, 0.1) is 6.92 Å². The van der Waals surface area contributed by atoms with Crippen LogP contribution >= 0.6 is 23.2 Å². The molecule has 0 bridgehead atoms. The highest BCUT2D eigenvalue weighted by molar-refractivity contribution is 6.35. The molecule has 3 aromatic rings. The van der Waals surface area contributed by atoms with Crippen molar-refractivity contribution in [2.75, 3.05) is 31.1 Å². The van der Waals surface area contributed by atoms with Gasteiger partial charge in [-0.25, -0.2) is 0 Å². The second-order valence-corrected chi connectivity index (χ2v) is 7.22. The van der Waals surface area contributed by atoms with Gasteiger partial charge in [-0.1, -0.05) is 47.5 Å². The lowest BCUT2D eigenvalue weighted by Gasteiger charge is -2.36. The van der Waals surface area contributed by atoms with E-state index in [1.807, 2.05) is 48.2 Å². The maximum atomic E-state index is 13.0. The Hall–Kier alpha value is -2.17. The molecule has 0 unspecified atom stereocenters. The number of nitrogens with zero attached hydrogens (tertiary/aromatic N) is 2. The van der Waals surface area contributed by atoms with Crippen molar-refractivity contribution >= 4 is 45.8 Å². The minimum Gasteiger partial charge on any atom is -0.449 e. The van der Waals surface area contributed by atoms with Crippen LogP contribution in [0.15, 0.2) is 46.9 Å². The first-order valence-corrected chi connectivity index (χ1v) is 9.28. The average Bonchev–Trinajstić information content (AvgIpc) is 3.00. The fraction of sp³-hybridized carbons (Fsp3) is 0.250. The third-order valence-corrected chi connectivity index (χ3v) is 5.49. The average molecular weight is 389 g/mol. The predicted octanol–water partition coefficient (Wildman–Crippen LogP) is 5.01. The lowest BCUT2D eigenvalue weighted by atomic mass is 10.1. The molecular weight excluding hydrogens is 371 g/mol. The quantitative estimate of drug-likeness (QED) is 0.618. The molecule has 1 aromatic heterocycles. The number of furan rings is 1. The highest BCUT2D eigenvalue weighted by atomic mass is 35.5. The highest BCUT2D eigenvalue weighted by Gasteiger charge is 2.27. The lowest BCUT2D eigenvalue weighted by molar-refractivity contribution is 0.0716. The number of para-hydroxylation sites is 2. The maximum Gasteiger partial charge on any atom is 0.290 e. The Bertz CT molecular complexity index is 975. The Morgan fingerprint density at radius 3 is 2.35 bits per heavy atom. The summed E-state index contributed by atoms with van der Waals surface area (Å²) in [6.07, 6.45) is 0. The van der Waals surface area contributed by atoms with Gasteiger partial charge in [0, 0.05) is 37.1 Å². The monoisotopic (exact) mass is 388 g/mol. The Labute approximate surface area is 161 Å². The van der Waals surface area contributed by atoms with Crippen LogP contribution in [0.5, 0.6) is 0 Å². The summed E-state index contributed by atoms with van der Waals surface area (Å²) in [5, 5.41) is 2.14. The summed E-state index contributed by atoms with van der Waals surface area (Å²) in [5.41, 5.74) is 2.42. The van der Waals surface area contributed by atoms with Crippen LogP contribution in [0.1, 0.15) is 16.1 Å². The van der Waals surface area contributed by atoms with E-state index < -0.39 is 0 Å². The second-order valence-electron chi connectivity index (χ2n) is 6.40. The van der Waals surface area contributed by atoms with Crippen molar-refractivity contribution in [1.82, 2.24) is 4.90 Å². The molecule has 26 heavy (non-hydrogen) atoms. The fourth-order valence-electron chi connectivity index (χ4n) is 3.42. The van der Waals surface area contributed by atoms with Crippen molar-refractivity contribution in [2.24, 2.45) is 0 Å². The number of benzene rings is 2. The number of anilines is 1. The zero-order chi connectivity index (χ0) is 18.3. The first kappa shape index (κ1) is 17.3. The van der Waals surface area contributed by atoms with Gasteiger partial charge >= 0.3 is 0 Å². The van der Waals surface area contributed by atoms with Crippen molar-refractivity contribution in [3.63, 3.8) is 0 Å². The van der Waals surface area contributed by atoms with Gasteiger partial charge in [0.1, 0.15) is 0 Å². The molecule has 1 aliphatic heterocycles. The number of halogens is 2. The molecule has 0 N–H and O–H groups in total. The lowest BCUT2D eigenvalue weighted by Crippen LogP contribution is -2.48. The van der Waals surface area contributed by atoms with Crippen molar-refractivity contribution in [1.29, 1.82) is 0 Å². The number of carbonyl (C=O) groups excluding carboxylic acids is 1. The van der Waals surface area contributed by atoms with E-state index in [0.717, 1.165) is 34.7 Å². The molecule has 0 saturated carbocycles. The molecule has 0 spiro atoms. The number of rotatable bonds is 2. The van der Waals surface area contributed by atoms with Crippen LogP contribution in [-0.4, -0.2) is 37.0 Å². The minimum absolute atomic E-state index is 0.0893. The number of amides is 1. The number of carbonyl (C=O) groups is 1. The van der Waals surface area contributed by atoms with Gasteiger partial charge in [0.2, 0.25) is 0 Å². The Morgan fingerprint density at radius 2 is 1.65 bits per heavy atom. The smallest absolute Gasteiger partial charge is 0.290 e. The Morgan fingerprint density at radius 1 is 0.962 bits per heavy atom. The summed E-state index contributed by atoms with van der Waals surface area (Å²) in [7, 11) is 0. The van der Waals surface area contributed by atoms with Crippen molar-refractivity contribution in [3.8, 4) is 0 Å². The van der Waals surface area contributed by atoms with Gasteiger partial charge in [-0.15, -0.1) is 0 Å². The molecule has 2 heterocycles. The molecule has 1 amide bonds. The molecule has 0 radical (unpaired) electrons. The third-order valence-electron chi connectivity index (χ3n) is 4.87. The van der Waals surface area contributed by atoms with Gasteiger partial charge in [-0.2, -0.15) is 0 Å². The first-order valence-electron chi connectivity index (χ1n) is 8.52. The van der Waals surface area contributed by atoms with E-state index >= 15 is 0 Å². The predicted molar refractivity (Wildman–Crippen MR) is 106 cm³/mol. The summed E-state index contributed by atoms with van der Waals surface area (Å²) in [6.45, 7) is 4.60. The van der Waals surface area contributed by atoms with Gasteiger partial charge in [-0.05, 0) is 25.1 Å². The summed E-state index contributed by atoms with van der Waals surface area (Å²) in [5.74, 6) is 0.285. The number of hydrogen-bond acceptors (Lipinski definition) is 3. The van der Waals surface area contributed by atoms with E-state index in [1.165, 1.54) is 0 Å². The molecule has 4 nitrogen and oxygen atoms in total. The molecule has 134 valence electrons. The molecule has 6 heteroatoms. The molecule has 1 fully saturated rings. The van der Waals surface area contributed by atoms with Gasteiger partial charge in [0.05, 0.1) is 15.7 Å². The van der Waals surface area contributed by atoms with Crippen LogP contribution in [0.4, 0.5) is 5.69 Å². The molecule has 4 rings (SSSR count). The number of piperazine rings is 1. The van der Waals surface area contributed by atoms with E-state index in [2.05, 4.69) is 4.90 Å². The Balaban J connectivity index is 1.53. The van der Waals surface area contributed by atoms with Crippen LogP contribution in [0.25, 0.3) is 11.0 Å². The van der Waals surface area contributed by atoms with E-state index in [-0.39, 0.29) is 5.91 Å². The standard InChI is InChI=1S/C20H18Cl2N2O2/c1-13-14-5-4-7-16(22)19(14)26-18(13)20(25)24-11-9-23(10-12-24)17-8-3-2-6-15(17)21/h2-8H,9-12H2,1H3. The third kappa shape index (κ3) is 2.93. The van der Waals surface area contributed by atoms with Crippen molar-refractivity contribution < 1.29 is 9.21 Å². The van der Waals surface area contributed by atoms with E-state index in [4.69, 9.17) is 27.6 Å². The highest BCUT2D eigenvalue weighted by Crippen LogP contribution is 2.32. The van der Waals surface area contributed by atoms with Crippen molar-refractivity contribution in [3.05, 3.63) is 63.8 Å². The van der Waals surface area contributed by atoms with E-state index in [1.54, 1.807) is 6.07 Å². The summed E-state index contributed by atoms with van der Waals surface area (Å²) in [6, 6.07) is 13.3. The summed E-state index contributed by atoms with van der Waals surface area (Å²) < 4.78 is 5.82. The fourth-order valence-corrected chi connectivity index (χ4v) is 3.88. The summed E-state index contributed by atoms with van der Waals surface area (Å²) in [4.78, 5) is 17.0. The molecule has 1 saturated heterocycles. The number of aryl methyl sites for hydroxylation is 1. The van der Waals surface area contributed by atoms with E-state index in [9.17, 15) is 4.79 Å². The molecule has 2 aromatic carbocycles. The molecular formula is C20H18Cl2N2O2. The number of hydrogen-bond donors (Lipinski definition) is 0. The van der Waals surface area contributed by atoms with Gasteiger partial charge in [0.15, 0.2) is 11.3 Å². The van der Waals surface area contributed by atoms with Crippen LogP contribution in [0.3, 0.4) is 0 Å². The SMILES string of the molecule is Cc1c(C(=O)N2CCN(c3ccccc3Cl)CC2)oc2c(Cl)cccc12. The maximum absolute atomic E-state index is 13.0. The Kier molecular flexibility index (Phi) is 4.55. The molecule has 0 atom stereocenters. The first-order chi connectivity index (χ1) is 12.6. The molecule has 1 aliphatic rings. The van der Waals surface area contributed by atoms with Gasteiger partial charge in [0.25, 0.3) is 5.91 Å². The molecule has 0 aliphatic carbocycles. The van der Waals surface area contributed by atoms with Crippen LogP contribution in [-0.2, 0) is 0 Å². The van der Waals surface area contributed by atoms with Crippen molar-refractivity contribution in [2.45, 2.75) is 6.92 Å². The minimum atomic E-state index is -0.0893. The normalized spacial score (nSPS) is 14.9. The largest absolute Gasteiger partial charge is 0.449 e. The second kappa shape index (κ2) is 6.86. The zero-order valence-electron chi connectivity index (χ0n) is 14.3. The number of fused-ring (bicyclic) bond motifs is 1. The van der Waals surface area contributed by atoms with E-state index in [0.29, 0.717) is 29.5 Å². The summed E-state index contributed by atoms with van der Waals surface area (Å²) >= 11 is 12.5. The topological polar surface area (TPSA) is 36.7 Å². The van der Waals surface area contributed by atoms with Gasteiger partial charge in [-0.3, -0.25) is 4.79 Å².